The highest BCUT2D eigenvalue weighted by Crippen LogP contribution is 2.38. The fourth-order valence-electron chi connectivity index (χ4n) is 6.64. The van der Waals surface area contributed by atoms with Gasteiger partial charge in [0.05, 0.1) is 34.4 Å². The molecular weight excluding hydrogens is 830 g/mol. The van der Waals surface area contributed by atoms with Crippen molar-refractivity contribution < 1.29 is 37.3 Å². The zero-order chi connectivity index (χ0) is 47.6. The van der Waals surface area contributed by atoms with Crippen molar-refractivity contribution in [1.82, 2.24) is 0 Å². The number of likely N-dealkylation sites (N-methyl/N-ethyl adjacent to an activating group) is 1. The maximum Gasteiger partial charge on any atom is 0.306 e. The van der Waals surface area contributed by atoms with E-state index < -0.39 is 13.9 Å². The van der Waals surface area contributed by atoms with E-state index in [2.05, 4.69) is 111 Å². The quantitative estimate of drug-likeness (QED) is 0.0197. The van der Waals surface area contributed by atoms with Gasteiger partial charge in [-0.2, -0.15) is 0 Å². The van der Waals surface area contributed by atoms with Gasteiger partial charge in [0.1, 0.15) is 19.3 Å². The molecule has 0 radical (unpaired) electrons. The van der Waals surface area contributed by atoms with Gasteiger partial charge in [-0.05, 0) is 96.3 Å². The van der Waals surface area contributed by atoms with Gasteiger partial charge in [-0.25, -0.2) is 0 Å². The maximum absolute atomic E-state index is 12.8. The number of phosphoric ester groups is 1. The molecule has 0 aliphatic rings. The predicted octanol–water partition coefficient (Wildman–Crippen LogP) is 15.5. The molecule has 0 fully saturated rings. The third-order valence-corrected chi connectivity index (χ3v) is 11.6. The fraction of sp³-hybridized carbons (Fsp3) is 0.696. The van der Waals surface area contributed by atoms with Gasteiger partial charge in [0.25, 0.3) is 7.82 Å². The van der Waals surface area contributed by atoms with Crippen LogP contribution in [0.1, 0.15) is 194 Å². The second-order valence-electron chi connectivity index (χ2n) is 18.1. The van der Waals surface area contributed by atoms with Crippen LogP contribution in [0, 0.1) is 0 Å². The lowest BCUT2D eigenvalue weighted by atomic mass is 10.1. The molecule has 374 valence electrons. The van der Waals surface area contributed by atoms with Gasteiger partial charge in [0, 0.05) is 13.0 Å². The molecule has 0 N–H and O–H groups in total. The molecule has 0 aliphatic heterocycles. The van der Waals surface area contributed by atoms with E-state index in [1.54, 1.807) is 0 Å². The second kappa shape index (κ2) is 47.9. The van der Waals surface area contributed by atoms with Gasteiger partial charge in [0.2, 0.25) is 0 Å². The third-order valence-electron chi connectivity index (χ3n) is 10.6. The second-order valence-corrected chi connectivity index (χ2v) is 19.6. The lowest BCUT2D eigenvalue weighted by molar-refractivity contribution is -0.870. The first-order chi connectivity index (χ1) is 31.6. The summed E-state index contributed by atoms with van der Waals surface area (Å²) in [5.41, 5.74) is 0. The molecule has 0 aromatic heterocycles. The Hall–Kier alpha value is -2.58. The lowest BCUT2D eigenvalue weighted by Crippen LogP contribution is -2.37. The number of phosphoric acid groups is 1. The summed E-state index contributed by atoms with van der Waals surface area (Å²) in [7, 11) is 1.32. The Kier molecular flexibility index (Phi) is 46.0. The molecule has 0 aromatic carbocycles. The number of nitrogens with zero attached hydrogens (tertiary/aromatic N) is 1. The summed E-state index contributed by atoms with van der Waals surface area (Å²) in [6, 6.07) is 0. The molecule has 65 heavy (non-hydrogen) atoms. The van der Waals surface area contributed by atoms with Crippen molar-refractivity contribution in [2.24, 2.45) is 0 Å². The number of quaternary nitrogens is 1. The van der Waals surface area contributed by atoms with Crippen LogP contribution in [0.5, 0.6) is 0 Å². The Bertz CT molecular complexity index is 1360. The van der Waals surface area contributed by atoms with E-state index in [1.807, 2.05) is 21.1 Å². The van der Waals surface area contributed by atoms with Gasteiger partial charge in [-0.15, -0.1) is 0 Å². The van der Waals surface area contributed by atoms with Gasteiger partial charge < -0.3 is 27.9 Å². The first-order valence-electron chi connectivity index (χ1n) is 26.0. The van der Waals surface area contributed by atoms with Crippen LogP contribution in [0.3, 0.4) is 0 Å². The summed E-state index contributed by atoms with van der Waals surface area (Å²) >= 11 is 0. The molecule has 2 unspecified atom stereocenters. The third kappa shape index (κ3) is 52.3. The normalized spacial score (nSPS) is 14.4. The average molecular weight is 928 g/mol. The number of carbonyl (C=O) groups is 1. The van der Waals surface area contributed by atoms with Gasteiger partial charge in [-0.3, -0.25) is 9.36 Å². The zero-order valence-electron chi connectivity index (χ0n) is 42.4. The number of unbranched alkanes of at least 4 members (excludes halogenated alkanes) is 17. The standard InChI is InChI=1S/C56H98NO7P/c1-6-8-10-12-14-16-18-20-22-24-26-28-29-30-31-33-35-37-39-41-43-45-47-49-56(58)64-55(54-63-65(59,60)62-52-50-57(3,4)5)53-61-51-48-46-44-42-40-38-36-34-32-27-25-23-21-19-17-15-13-11-9-7-2/h8,10,14-17,20-23,26,28,30-31,35,37,55H,6-7,9,11-13,18-19,24-25,27,29,32-34,36,38-54H2,1-5H3/b10-8-,16-14-,17-15-,22-20-,23-21-,28-26-,31-30-,37-35-. The van der Waals surface area contributed by atoms with Crippen molar-refractivity contribution in [1.29, 1.82) is 0 Å². The summed E-state index contributed by atoms with van der Waals surface area (Å²) in [5, 5.41) is 0. The van der Waals surface area contributed by atoms with Crippen molar-refractivity contribution >= 4 is 13.8 Å². The number of carbonyl (C=O) groups excluding carboxylic acids is 1. The van der Waals surface area contributed by atoms with E-state index in [-0.39, 0.29) is 32.2 Å². The van der Waals surface area contributed by atoms with Crippen LogP contribution in [0.4, 0.5) is 0 Å². The number of esters is 1. The summed E-state index contributed by atoms with van der Waals surface area (Å²) in [6.07, 6.45) is 65.7. The summed E-state index contributed by atoms with van der Waals surface area (Å²) in [6.45, 7) is 5.22. The Labute approximate surface area is 400 Å². The SMILES string of the molecule is CC/C=C\C/C=C\C/C=C\C/C=C\C/C=C\C/C=C\CCCCCCC(=O)OC(COCCCCCCCCCCCC/C=C\C/C=C\CCCCC)COP(=O)([O-])OCC[N+](C)(C)C. The molecule has 9 heteroatoms. The van der Waals surface area contributed by atoms with Crippen LogP contribution >= 0.6 is 7.82 Å². The monoisotopic (exact) mass is 928 g/mol. The molecule has 0 aromatic rings. The Morgan fingerprint density at radius 1 is 0.492 bits per heavy atom. The molecule has 2 atom stereocenters. The molecule has 8 nitrogen and oxygen atoms in total. The summed E-state index contributed by atoms with van der Waals surface area (Å²) < 4.78 is 34.7. The minimum absolute atomic E-state index is 0.0148. The minimum atomic E-state index is -4.55. The highest BCUT2D eigenvalue weighted by atomic mass is 31.2. The Morgan fingerprint density at radius 2 is 0.892 bits per heavy atom. The molecule has 0 amide bonds. The predicted molar refractivity (Wildman–Crippen MR) is 277 cm³/mol. The summed E-state index contributed by atoms with van der Waals surface area (Å²) in [4.78, 5) is 25.2. The van der Waals surface area contributed by atoms with Crippen LogP contribution in [-0.2, 0) is 27.9 Å². The number of ether oxygens (including phenoxy) is 2. The van der Waals surface area contributed by atoms with Crippen LogP contribution < -0.4 is 4.89 Å². The van der Waals surface area contributed by atoms with E-state index in [0.29, 0.717) is 17.6 Å². The number of rotatable bonds is 47. The molecule has 0 saturated carbocycles. The fourth-order valence-corrected chi connectivity index (χ4v) is 7.37. The van der Waals surface area contributed by atoms with E-state index in [1.165, 1.54) is 83.5 Å². The molecule has 0 spiro atoms. The number of hydrogen-bond donors (Lipinski definition) is 0. The van der Waals surface area contributed by atoms with Crippen LogP contribution in [0.2, 0.25) is 0 Å². The first kappa shape index (κ1) is 62.4. The Morgan fingerprint density at radius 3 is 1.34 bits per heavy atom. The zero-order valence-corrected chi connectivity index (χ0v) is 43.3. The van der Waals surface area contributed by atoms with Crippen LogP contribution in [0.25, 0.3) is 0 Å². The largest absolute Gasteiger partial charge is 0.756 e. The topological polar surface area (TPSA) is 94.1 Å². The minimum Gasteiger partial charge on any atom is -0.756 e. The smallest absolute Gasteiger partial charge is 0.306 e. The van der Waals surface area contributed by atoms with Crippen LogP contribution in [0.15, 0.2) is 97.2 Å². The van der Waals surface area contributed by atoms with E-state index >= 15 is 0 Å². The average Bonchev–Trinajstić information content (AvgIpc) is 3.27. The van der Waals surface area contributed by atoms with Gasteiger partial charge in [0.15, 0.2) is 0 Å². The van der Waals surface area contributed by atoms with Gasteiger partial charge >= 0.3 is 5.97 Å². The van der Waals surface area contributed by atoms with E-state index in [0.717, 1.165) is 89.9 Å². The van der Waals surface area contributed by atoms with Crippen molar-refractivity contribution in [3.63, 3.8) is 0 Å². The molecule has 0 aliphatic carbocycles. The Balaban J connectivity index is 4.24. The number of hydrogen-bond acceptors (Lipinski definition) is 7. The molecule has 0 bridgehead atoms. The van der Waals surface area contributed by atoms with Crippen molar-refractivity contribution in [2.75, 3.05) is 54.1 Å². The molecule has 0 rings (SSSR count). The van der Waals surface area contributed by atoms with Gasteiger partial charge in [-0.1, -0.05) is 188 Å². The number of allylic oxidation sites excluding steroid dienone is 16. The molecule has 0 heterocycles. The lowest BCUT2D eigenvalue weighted by Gasteiger charge is -2.28. The van der Waals surface area contributed by atoms with Crippen molar-refractivity contribution in [3.8, 4) is 0 Å². The maximum atomic E-state index is 12.8. The molecule has 0 saturated heterocycles. The summed E-state index contributed by atoms with van der Waals surface area (Å²) in [5.74, 6) is -0.362. The highest BCUT2D eigenvalue weighted by molar-refractivity contribution is 7.45. The van der Waals surface area contributed by atoms with Crippen LogP contribution in [-0.4, -0.2) is 70.7 Å². The first-order valence-corrected chi connectivity index (χ1v) is 27.4. The van der Waals surface area contributed by atoms with Crippen molar-refractivity contribution in [3.05, 3.63) is 97.2 Å². The highest BCUT2D eigenvalue weighted by Gasteiger charge is 2.20. The van der Waals surface area contributed by atoms with Crippen molar-refractivity contribution in [2.45, 2.75) is 200 Å². The van der Waals surface area contributed by atoms with E-state index in [9.17, 15) is 14.3 Å². The van der Waals surface area contributed by atoms with E-state index in [4.69, 9.17) is 18.5 Å². The molecular formula is C56H98NO7P.